The molecule has 1 saturated heterocycles. The average molecular weight is 412 g/mol. The fourth-order valence-corrected chi connectivity index (χ4v) is 3.66. The van der Waals surface area contributed by atoms with Crippen molar-refractivity contribution >= 4 is 46.3 Å². The van der Waals surface area contributed by atoms with Gasteiger partial charge < -0.3 is 18.9 Å². The zero-order chi connectivity index (χ0) is 20.1. The van der Waals surface area contributed by atoms with Crippen LogP contribution < -0.4 is 14.2 Å². The number of hydrogen-bond acceptors (Lipinski definition) is 8. The van der Waals surface area contributed by atoms with E-state index in [0.717, 1.165) is 11.8 Å². The number of carbonyl (C=O) groups excluding carboxylic acids is 2. The largest absolute Gasteiger partial charge is 0.493 e. The second kappa shape index (κ2) is 9.09. The summed E-state index contributed by atoms with van der Waals surface area (Å²) in [5.74, 6) is 0.550. The van der Waals surface area contributed by atoms with E-state index >= 15 is 0 Å². The van der Waals surface area contributed by atoms with E-state index in [1.807, 2.05) is 0 Å². The third kappa shape index (κ3) is 4.92. The van der Waals surface area contributed by atoms with Gasteiger partial charge in [0.2, 0.25) is 5.75 Å². The fourth-order valence-electron chi connectivity index (χ4n) is 2.40. The van der Waals surface area contributed by atoms with Gasteiger partial charge in [0.1, 0.15) is 10.9 Å². The van der Waals surface area contributed by atoms with E-state index in [2.05, 4.69) is 0 Å². The maximum Gasteiger partial charge on any atom is 0.326 e. The zero-order valence-corrected chi connectivity index (χ0v) is 17.4. The summed E-state index contributed by atoms with van der Waals surface area (Å²) >= 11 is 6.35. The molecule has 146 valence electrons. The summed E-state index contributed by atoms with van der Waals surface area (Å²) in [5.41, 5.74) is 0.676. The monoisotopic (exact) mass is 411 g/mol. The normalized spacial score (nSPS) is 15.5. The molecule has 0 aliphatic carbocycles. The van der Waals surface area contributed by atoms with Crippen LogP contribution in [0.25, 0.3) is 6.08 Å². The summed E-state index contributed by atoms with van der Waals surface area (Å²) in [4.78, 5) is 26.1. The smallest absolute Gasteiger partial charge is 0.326 e. The number of hydrogen-bond donors (Lipinski definition) is 0. The topological polar surface area (TPSA) is 74.3 Å². The van der Waals surface area contributed by atoms with Gasteiger partial charge >= 0.3 is 5.97 Å². The van der Waals surface area contributed by atoms with E-state index in [1.165, 1.54) is 26.2 Å². The van der Waals surface area contributed by atoms with Gasteiger partial charge in [0.05, 0.1) is 32.3 Å². The van der Waals surface area contributed by atoms with Gasteiger partial charge in [0.15, 0.2) is 11.5 Å². The van der Waals surface area contributed by atoms with Crippen molar-refractivity contribution in [2.24, 2.45) is 0 Å². The van der Waals surface area contributed by atoms with Crippen molar-refractivity contribution in [1.82, 2.24) is 4.90 Å². The van der Waals surface area contributed by atoms with Crippen LogP contribution in [0.1, 0.15) is 19.4 Å². The Morgan fingerprint density at radius 3 is 2.26 bits per heavy atom. The van der Waals surface area contributed by atoms with Gasteiger partial charge in [-0.15, -0.1) is 0 Å². The summed E-state index contributed by atoms with van der Waals surface area (Å²) < 4.78 is 21.3. The van der Waals surface area contributed by atoms with E-state index in [-0.39, 0.29) is 18.6 Å². The van der Waals surface area contributed by atoms with E-state index < -0.39 is 5.97 Å². The SMILES string of the molecule is COc1cc(/C=C2\SC(=S)N(CC(=O)OC(C)C)C2=O)cc(OC)c1OC. The van der Waals surface area contributed by atoms with Crippen molar-refractivity contribution in [2.75, 3.05) is 27.9 Å². The third-order valence-electron chi connectivity index (χ3n) is 3.51. The molecule has 0 radical (unpaired) electrons. The Bertz CT molecular complexity index is 765. The Labute approximate surface area is 167 Å². The van der Waals surface area contributed by atoms with Gasteiger partial charge in [0, 0.05) is 0 Å². The van der Waals surface area contributed by atoms with Gasteiger partial charge in [-0.25, -0.2) is 0 Å². The van der Waals surface area contributed by atoms with Crippen LogP contribution in [0.3, 0.4) is 0 Å². The molecule has 0 atom stereocenters. The predicted molar refractivity (Wildman–Crippen MR) is 107 cm³/mol. The minimum absolute atomic E-state index is 0.213. The Hall–Kier alpha value is -2.26. The summed E-state index contributed by atoms with van der Waals surface area (Å²) in [5, 5.41) is 0. The highest BCUT2D eigenvalue weighted by Gasteiger charge is 2.34. The molecule has 0 aromatic heterocycles. The molecule has 7 nitrogen and oxygen atoms in total. The van der Waals surface area contributed by atoms with Crippen LogP contribution >= 0.6 is 24.0 Å². The Morgan fingerprint density at radius 1 is 1.19 bits per heavy atom. The van der Waals surface area contributed by atoms with E-state index in [1.54, 1.807) is 32.1 Å². The standard InChI is InChI=1S/C18H21NO6S2/c1-10(2)25-15(20)9-19-17(21)14(27-18(19)26)8-11-6-12(22-3)16(24-5)13(7-11)23-4/h6-8,10H,9H2,1-5H3/b14-8-. The molecule has 0 saturated carbocycles. The Kier molecular flexibility index (Phi) is 7.09. The van der Waals surface area contributed by atoms with Crippen LogP contribution in [0.15, 0.2) is 17.0 Å². The number of thiocarbonyl (C=S) groups is 1. The number of nitrogens with zero attached hydrogens (tertiary/aromatic N) is 1. The molecule has 0 bridgehead atoms. The van der Waals surface area contributed by atoms with Crippen molar-refractivity contribution in [2.45, 2.75) is 20.0 Å². The number of esters is 1. The highest BCUT2D eigenvalue weighted by Crippen LogP contribution is 2.40. The van der Waals surface area contributed by atoms with Crippen LogP contribution in [-0.2, 0) is 14.3 Å². The minimum atomic E-state index is -0.504. The molecule has 1 aromatic rings. The van der Waals surface area contributed by atoms with Crippen molar-refractivity contribution in [3.63, 3.8) is 0 Å². The molecule has 1 aromatic carbocycles. The highest BCUT2D eigenvalue weighted by molar-refractivity contribution is 8.26. The second-order valence-corrected chi connectivity index (χ2v) is 7.44. The quantitative estimate of drug-likeness (QED) is 0.385. The van der Waals surface area contributed by atoms with E-state index in [9.17, 15) is 9.59 Å². The van der Waals surface area contributed by atoms with Crippen LogP contribution in [0.4, 0.5) is 0 Å². The lowest BCUT2D eigenvalue weighted by Crippen LogP contribution is -2.35. The van der Waals surface area contributed by atoms with E-state index in [4.69, 9.17) is 31.2 Å². The second-order valence-electron chi connectivity index (χ2n) is 5.77. The first kappa shape index (κ1) is 21.0. The van der Waals surface area contributed by atoms with Crippen LogP contribution in [0, 0.1) is 0 Å². The molecular weight excluding hydrogens is 390 g/mol. The number of carbonyl (C=O) groups is 2. The molecule has 1 amide bonds. The molecule has 9 heteroatoms. The number of methoxy groups -OCH3 is 3. The van der Waals surface area contributed by atoms with Crippen molar-refractivity contribution < 1.29 is 28.5 Å². The number of benzene rings is 1. The van der Waals surface area contributed by atoms with Gasteiger partial charge in [0.25, 0.3) is 5.91 Å². The summed E-state index contributed by atoms with van der Waals surface area (Å²) in [6.07, 6.45) is 1.41. The number of rotatable bonds is 7. The van der Waals surface area contributed by atoms with E-state index in [0.29, 0.717) is 32.0 Å². The first-order chi connectivity index (χ1) is 12.8. The lowest BCUT2D eigenvalue weighted by molar-refractivity contribution is -0.149. The first-order valence-electron chi connectivity index (χ1n) is 8.05. The molecule has 0 spiro atoms. The van der Waals surface area contributed by atoms with Crippen molar-refractivity contribution in [1.29, 1.82) is 0 Å². The molecule has 1 aliphatic rings. The summed E-state index contributed by atoms with van der Waals surface area (Å²) in [7, 11) is 4.54. The molecule has 1 heterocycles. The molecule has 1 aliphatic heterocycles. The minimum Gasteiger partial charge on any atom is -0.493 e. The van der Waals surface area contributed by atoms with Crippen molar-refractivity contribution in [3.8, 4) is 17.2 Å². The van der Waals surface area contributed by atoms with Crippen LogP contribution in [0.2, 0.25) is 0 Å². The maximum atomic E-state index is 12.6. The number of amides is 1. The molecule has 1 fully saturated rings. The van der Waals surface area contributed by atoms with Gasteiger partial charge in [-0.2, -0.15) is 0 Å². The van der Waals surface area contributed by atoms with Gasteiger partial charge in [-0.3, -0.25) is 14.5 Å². The van der Waals surface area contributed by atoms with Crippen LogP contribution in [-0.4, -0.2) is 55.1 Å². The highest BCUT2D eigenvalue weighted by atomic mass is 32.2. The average Bonchev–Trinajstić information content (AvgIpc) is 2.87. The summed E-state index contributed by atoms with van der Waals surface area (Å²) in [6.45, 7) is 3.27. The Morgan fingerprint density at radius 2 is 1.78 bits per heavy atom. The van der Waals surface area contributed by atoms with Gasteiger partial charge in [-0.05, 0) is 37.6 Å². The van der Waals surface area contributed by atoms with Crippen molar-refractivity contribution in [3.05, 3.63) is 22.6 Å². The first-order valence-corrected chi connectivity index (χ1v) is 9.28. The molecule has 0 N–H and O–H groups in total. The molecule has 27 heavy (non-hydrogen) atoms. The fraction of sp³-hybridized carbons (Fsp3) is 0.389. The maximum absolute atomic E-state index is 12.6. The Balaban J connectivity index is 2.28. The predicted octanol–water partition coefficient (Wildman–Crippen LogP) is 2.87. The summed E-state index contributed by atoms with van der Waals surface area (Å²) in [6, 6.07) is 3.45. The molecule has 2 rings (SSSR count). The zero-order valence-electron chi connectivity index (χ0n) is 15.7. The lowest BCUT2D eigenvalue weighted by Gasteiger charge is -2.15. The number of ether oxygens (including phenoxy) is 4. The molecule has 0 unspecified atom stereocenters. The lowest BCUT2D eigenvalue weighted by atomic mass is 10.1. The van der Waals surface area contributed by atoms with Crippen LogP contribution in [0.5, 0.6) is 17.2 Å². The third-order valence-corrected chi connectivity index (χ3v) is 4.89. The number of thioether (sulfide) groups is 1. The van der Waals surface area contributed by atoms with Gasteiger partial charge in [-0.1, -0.05) is 24.0 Å². The molecular formula is C18H21NO6S2.